The number of hydrogen-bond acceptors (Lipinski definition) is 2. The molecule has 4 heteroatoms. The number of rotatable bonds is 5. The number of nitrogens with one attached hydrogen (secondary N) is 1. The molecular weight excluding hydrogens is 330 g/mol. The number of benzene rings is 1. The minimum absolute atomic E-state index is 0.134. The lowest BCUT2D eigenvalue weighted by molar-refractivity contribution is -0.144. The highest BCUT2D eigenvalue weighted by atomic mass is 79.9. The van der Waals surface area contributed by atoms with Crippen LogP contribution in [-0.4, -0.2) is 17.1 Å². The zero-order chi connectivity index (χ0) is 15.0. The van der Waals surface area contributed by atoms with Crippen LogP contribution in [0.2, 0.25) is 0 Å². The predicted molar refractivity (Wildman–Crippen MR) is 86.1 cm³/mol. The van der Waals surface area contributed by atoms with Gasteiger partial charge in [0, 0.05) is 16.6 Å². The first-order valence-corrected chi connectivity index (χ1v) is 8.63. The molecule has 2 saturated carbocycles. The third-order valence-electron chi connectivity index (χ3n) is 5.28. The number of fused-ring (bicyclic) bond motifs is 2. The first kappa shape index (κ1) is 15.0. The van der Waals surface area contributed by atoms with E-state index < -0.39 is 5.97 Å². The van der Waals surface area contributed by atoms with Crippen molar-refractivity contribution in [1.82, 2.24) is 5.32 Å². The minimum Gasteiger partial charge on any atom is -0.481 e. The zero-order valence-corrected chi connectivity index (χ0v) is 13.8. The molecule has 0 radical (unpaired) electrons. The molecule has 114 valence electrons. The molecule has 2 N–H and O–H groups in total. The van der Waals surface area contributed by atoms with E-state index in [1.807, 2.05) is 0 Å². The largest absolute Gasteiger partial charge is 0.481 e. The van der Waals surface area contributed by atoms with Gasteiger partial charge in [0.1, 0.15) is 0 Å². The fourth-order valence-electron chi connectivity index (χ4n) is 4.26. The highest BCUT2D eigenvalue weighted by Crippen LogP contribution is 2.49. The Labute approximate surface area is 134 Å². The molecule has 1 aromatic carbocycles. The van der Waals surface area contributed by atoms with Crippen molar-refractivity contribution in [3.05, 3.63) is 34.3 Å². The van der Waals surface area contributed by atoms with Crippen molar-refractivity contribution in [2.75, 3.05) is 0 Å². The maximum Gasteiger partial charge on any atom is 0.308 e. The predicted octanol–water partition coefficient (Wildman–Crippen LogP) is 3.99. The van der Waals surface area contributed by atoms with E-state index in [0.29, 0.717) is 11.8 Å². The lowest BCUT2D eigenvalue weighted by Gasteiger charge is -2.32. The van der Waals surface area contributed by atoms with Gasteiger partial charge in [0.15, 0.2) is 0 Å². The Bertz CT molecular complexity index is 516. The molecule has 3 nitrogen and oxygen atoms in total. The van der Waals surface area contributed by atoms with Gasteiger partial charge in [0.05, 0.1) is 5.92 Å². The molecule has 0 saturated heterocycles. The van der Waals surface area contributed by atoms with E-state index in [-0.39, 0.29) is 18.0 Å². The van der Waals surface area contributed by atoms with E-state index in [0.717, 1.165) is 23.7 Å². The topological polar surface area (TPSA) is 49.3 Å². The Morgan fingerprint density at radius 3 is 2.62 bits per heavy atom. The summed E-state index contributed by atoms with van der Waals surface area (Å²) in [6.07, 6.45) is 4.34. The normalized spacial score (nSPS) is 32.3. The van der Waals surface area contributed by atoms with Crippen LogP contribution >= 0.6 is 15.9 Å². The van der Waals surface area contributed by atoms with Gasteiger partial charge in [-0.15, -0.1) is 0 Å². The molecule has 2 aliphatic rings. The van der Waals surface area contributed by atoms with Crippen molar-refractivity contribution >= 4 is 21.9 Å². The molecule has 0 aliphatic heterocycles. The van der Waals surface area contributed by atoms with Crippen molar-refractivity contribution in [1.29, 1.82) is 0 Å². The van der Waals surface area contributed by atoms with Gasteiger partial charge >= 0.3 is 5.97 Å². The van der Waals surface area contributed by atoms with Gasteiger partial charge in [-0.3, -0.25) is 4.79 Å². The Kier molecular flexibility index (Phi) is 4.36. The number of carboxylic acid groups (broad SMARTS) is 1. The summed E-state index contributed by atoms with van der Waals surface area (Å²) in [5, 5.41) is 13.2. The second kappa shape index (κ2) is 6.09. The van der Waals surface area contributed by atoms with Crippen LogP contribution in [0.1, 0.15) is 44.2 Å². The third-order valence-corrected chi connectivity index (χ3v) is 5.80. The monoisotopic (exact) mass is 351 g/mol. The van der Waals surface area contributed by atoms with Crippen LogP contribution in [-0.2, 0) is 4.79 Å². The average Bonchev–Trinajstić information content (AvgIpc) is 3.06. The summed E-state index contributed by atoms with van der Waals surface area (Å²) in [6, 6.07) is 8.71. The van der Waals surface area contributed by atoms with Crippen molar-refractivity contribution in [2.24, 2.45) is 17.8 Å². The summed E-state index contributed by atoms with van der Waals surface area (Å²) < 4.78 is 1.07. The van der Waals surface area contributed by atoms with Gasteiger partial charge in [0.2, 0.25) is 0 Å². The van der Waals surface area contributed by atoms with Gasteiger partial charge < -0.3 is 10.4 Å². The Hall–Kier alpha value is -0.870. The summed E-state index contributed by atoms with van der Waals surface area (Å²) in [6.45, 7) is 2.16. The molecular formula is C17H22BrNO2. The van der Waals surface area contributed by atoms with Gasteiger partial charge in [-0.2, -0.15) is 0 Å². The average molecular weight is 352 g/mol. The molecule has 3 rings (SSSR count). The van der Waals surface area contributed by atoms with E-state index >= 15 is 0 Å². The Morgan fingerprint density at radius 1 is 1.33 bits per heavy atom. The van der Waals surface area contributed by atoms with Gasteiger partial charge in [0.25, 0.3) is 0 Å². The first-order valence-electron chi connectivity index (χ1n) is 7.84. The Morgan fingerprint density at radius 2 is 2.00 bits per heavy atom. The lowest BCUT2D eigenvalue weighted by atomic mass is 9.83. The molecule has 2 aliphatic carbocycles. The standard InChI is InChI=1S/C17H22BrNO2/c1-2-14(10-5-7-13(18)8-6-10)19-16-12-4-3-11(9-12)15(16)17(20)21/h5-8,11-12,14-16,19H,2-4,9H2,1H3,(H,20,21). The van der Waals surface area contributed by atoms with E-state index in [1.165, 1.54) is 12.0 Å². The molecule has 21 heavy (non-hydrogen) atoms. The molecule has 2 bridgehead atoms. The third kappa shape index (κ3) is 2.88. The Balaban J connectivity index is 1.77. The molecule has 5 unspecified atom stereocenters. The van der Waals surface area contributed by atoms with Crippen molar-refractivity contribution in [3.63, 3.8) is 0 Å². The molecule has 0 aromatic heterocycles. The highest BCUT2D eigenvalue weighted by molar-refractivity contribution is 9.10. The first-order chi connectivity index (χ1) is 10.1. The SMILES string of the molecule is CCC(NC1C2CCC(C2)C1C(=O)O)c1ccc(Br)cc1. The fourth-order valence-corrected chi connectivity index (χ4v) is 4.53. The molecule has 0 spiro atoms. The van der Waals surface area contributed by atoms with E-state index in [9.17, 15) is 9.90 Å². The molecule has 1 aromatic rings. The molecule has 2 fully saturated rings. The number of hydrogen-bond donors (Lipinski definition) is 2. The summed E-state index contributed by atoms with van der Waals surface area (Å²) in [5.41, 5.74) is 1.24. The quantitative estimate of drug-likeness (QED) is 0.843. The number of carboxylic acids is 1. The summed E-state index contributed by atoms with van der Waals surface area (Å²) >= 11 is 3.46. The van der Waals surface area contributed by atoms with Crippen LogP contribution < -0.4 is 5.32 Å². The second-order valence-electron chi connectivity index (χ2n) is 6.40. The molecule has 0 amide bonds. The smallest absolute Gasteiger partial charge is 0.308 e. The maximum absolute atomic E-state index is 11.6. The van der Waals surface area contributed by atoms with E-state index in [4.69, 9.17) is 0 Å². The summed E-state index contributed by atoms with van der Waals surface area (Å²) in [5.74, 6) is 0.103. The van der Waals surface area contributed by atoms with Crippen LogP contribution in [0.15, 0.2) is 28.7 Å². The van der Waals surface area contributed by atoms with Crippen molar-refractivity contribution in [3.8, 4) is 0 Å². The van der Waals surface area contributed by atoms with Crippen LogP contribution in [0.25, 0.3) is 0 Å². The molecule has 0 heterocycles. The number of halogens is 1. The fraction of sp³-hybridized carbons (Fsp3) is 0.588. The van der Waals surface area contributed by atoms with E-state index in [2.05, 4.69) is 52.4 Å². The maximum atomic E-state index is 11.6. The summed E-state index contributed by atoms with van der Waals surface area (Å²) in [4.78, 5) is 11.6. The van der Waals surface area contributed by atoms with Crippen molar-refractivity contribution < 1.29 is 9.90 Å². The summed E-state index contributed by atoms with van der Waals surface area (Å²) in [7, 11) is 0. The van der Waals surface area contributed by atoms with Crippen LogP contribution in [0.5, 0.6) is 0 Å². The number of aliphatic carboxylic acids is 1. The molecule has 5 atom stereocenters. The van der Waals surface area contributed by atoms with Gasteiger partial charge in [-0.05, 0) is 55.2 Å². The second-order valence-corrected chi connectivity index (χ2v) is 7.32. The van der Waals surface area contributed by atoms with Crippen LogP contribution in [0.3, 0.4) is 0 Å². The van der Waals surface area contributed by atoms with Crippen LogP contribution in [0, 0.1) is 17.8 Å². The number of carbonyl (C=O) groups is 1. The lowest BCUT2D eigenvalue weighted by Crippen LogP contribution is -2.45. The minimum atomic E-state index is -0.620. The highest BCUT2D eigenvalue weighted by Gasteiger charge is 2.51. The van der Waals surface area contributed by atoms with Gasteiger partial charge in [-0.1, -0.05) is 35.0 Å². The zero-order valence-electron chi connectivity index (χ0n) is 12.3. The van der Waals surface area contributed by atoms with Gasteiger partial charge in [-0.25, -0.2) is 0 Å². The van der Waals surface area contributed by atoms with E-state index in [1.54, 1.807) is 0 Å². The van der Waals surface area contributed by atoms with Crippen LogP contribution in [0.4, 0.5) is 0 Å². The van der Waals surface area contributed by atoms with Crippen molar-refractivity contribution in [2.45, 2.75) is 44.7 Å².